The van der Waals surface area contributed by atoms with E-state index in [2.05, 4.69) is 20.8 Å². The number of Topliss-reactive ketones (excluding diaryl/α,β-unsaturated/α-hetero) is 1. The zero-order chi connectivity index (χ0) is 24.6. The van der Waals surface area contributed by atoms with Crippen molar-refractivity contribution in [2.24, 2.45) is 0 Å². The first-order valence-corrected chi connectivity index (χ1v) is 12.1. The summed E-state index contributed by atoms with van der Waals surface area (Å²) in [4.78, 5) is 29.1. The maximum atomic E-state index is 13.3. The van der Waals surface area contributed by atoms with Crippen molar-refractivity contribution in [1.29, 1.82) is 0 Å². The minimum absolute atomic E-state index is 0.112. The summed E-state index contributed by atoms with van der Waals surface area (Å²) in [6.45, 7) is 8.42. The van der Waals surface area contributed by atoms with Gasteiger partial charge in [0, 0.05) is 16.0 Å². The summed E-state index contributed by atoms with van der Waals surface area (Å²) in [5.41, 5.74) is 3.02. The van der Waals surface area contributed by atoms with Crippen molar-refractivity contribution in [2.45, 2.75) is 45.7 Å². The number of hydrogen-bond acceptors (Lipinski definition) is 5. The fourth-order valence-corrected chi connectivity index (χ4v) is 5.13. The third kappa shape index (κ3) is 4.26. The number of benzene rings is 2. The highest BCUT2D eigenvalue weighted by Crippen LogP contribution is 2.42. The van der Waals surface area contributed by atoms with Crippen molar-refractivity contribution < 1.29 is 19.4 Å². The van der Waals surface area contributed by atoms with Gasteiger partial charge in [0.1, 0.15) is 11.5 Å². The van der Waals surface area contributed by atoms with E-state index < -0.39 is 17.7 Å². The predicted octanol–water partition coefficient (Wildman–Crippen LogP) is 5.98. The summed E-state index contributed by atoms with van der Waals surface area (Å²) in [7, 11) is 1.61. The van der Waals surface area contributed by atoms with E-state index in [0.717, 1.165) is 21.6 Å². The Balaban J connectivity index is 1.91. The molecule has 3 aromatic rings. The number of carbonyl (C=O) groups excluding carboxylic acids is 2. The molecule has 1 amide bonds. The van der Waals surface area contributed by atoms with Gasteiger partial charge in [0.15, 0.2) is 0 Å². The quantitative estimate of drug-likeness (QED) is 0.280. The minimum atomic E-state index is -0.677. The lowest BCUT2D eigenvalue weighted by atomic mass is 9.84. The van der Waals surface area contributed by atoms with Gasteiger partial charge in [-0.15, -0.1) is 11.3 Å². The molecule has 1 fully saturated rings. The normalized spacial score (nSPS) is 17.9. The average Bonchev–Trinajstić information content (AvgIpc) is 3.40. The summed E-state index contributed by atoms with van der Waals surface area (Å²) in [5.74, 6) is -0.741. The average molecular weight is 476 g/mol. The monoisotopic (exact) mass is 475 g/mol. The zero-order valence-electron chi connectivity index (χ0n) is 20.1. The Morgan fingerprint density at radius 3 is 2.44 bits per heavy atom. The Hall–Kier alpha value is -3.38. The standard InChI is InChI=1S/C28H29NO4S/c1-17-9-6-7-11-20(17)24-23(26(31)27(32)29(24)16-19-10-8-14-34-19)25(30)18-12-13-22(33-5)21(15-18)28(2,3)4/h6-15,24,30H,16H2,1-5H3/b25-23+. The molecule has 176 valence electrons. The van der Waals surface area contributed by atoms with Crippen LogP contribution in [-0.4, -0.2) is 28.8 Å². The maximum Gasteiger partial charge on any atom is 0.295 e. The number of ether oxygens (including phenoxy) is 1. The van der Waals surface area contributed by atoms with Crippen LogP contribution in [0.15, 0.2) is 65.6 Å². The predicted molar refractivity (Wildman–Crippen MR) is 135 cm³/mol. The van der Waals surface area contributed by atoms with Gasteiger partial charge >= 0.3 is 0 Å². The van der Waals surface area contributed by atoms with E-state index in [1.54, 1.807) is 24.1 Å². The molecule has 0 saturated carbocycles. The minimum Gasteiger partial charge on any atom is -0.507 e. The second-order valence-electron chi connectivity index (χ2n) is 9.53. The highest BCUT2D eigenvalue weighted by Gasteiger charge is 2.46. The molecule has 0 radical (unpaired) electrons. The molecule has 1 aliphatic rings. The van der Waals surface area contributed by atoms with Gasteiger partial charge in [-0.25, -0.2) is 0 Å². The third-order valence-electron chi connectivity index (χ3n) is 6.21. The lowest BCUT2D eigenvalue weighted by molar-refractivity contribution is -0.140. The molecule has 34 heavy (non-hydrogen) atoms. The third-order valence-corrected chi connectivity index (χ3v) is 7.07. The van der Waals surface area contributed by atoms with E-state index in [4.69, 9.17) is 4.74 Å². The molecule has 5 nitrogen and oxygen atoms in total. The van der Waals surface area contributed by atoms with Crippen molar-refractivity contribution in [3.8, 4) is 5.75 Å². The summed E-state index contributed by atoms with van der Waals surface area (Å²) in [6, 6.07) is 16.2. The van der Waals surface area contributed by atoms with Gasteiger partial charge in [0.25, 0.3) is 11.7 Å². The molecular formula is C28H29NO4S. The molecule has 2 heterocycles. The molecule has 4 rings (SSSR count). The molecule has 6 heteroatoms. The van der Waals surface area contributed by atoms with Gasteiger partial charge in [-0.2, -0.15) is 0 Å². The summed E-state index contributed by atoms with van der Waals surface area (Å²) >= 11 is 1.53. The van der Waals surface area contributed by atoms with Crippen LogP contribution in [0.5, 0.6) is 5.75 Å². The summed E-state index contributed by atoms with van der Waals surface area (Å²) in [6.07, 6.45) is 0. The van der Waals surface area contributed by atoms with Gasteiger partial charge in [-0.1, -0.05) is 51.1 Å². The number of aliphatic hydroxyl groups is 1. The summed E-state index contributed by atoms with van der Waals surface area (Å²) in [5, 5.41) is 13.4. The van der Waals surface area contributed by atoms with Crippen molar-refractivity contribution in [3.63, 3.8) is 0 Å². The van der Waals surface area contributed by atoms with Crippen LogP contribution in [0.25, 0.3) is 5.76 Å². The van der Waals surface area contributed by atoms with Gasteiger partial charge in [-0.3, -0.25) is 9.59 Å². The van der Waals surface area contributed by atoms with Crippen LogP contribution in [-0.2, 0) is 21.5 Å². The first kappa shape index (κ1) is 23.8. The Bertz CT molecular complexity index is 1270. The van der Waals surface area contributed by atoms with Crippen LogP contribution in [0.2, 0.25) is 0 Å². The van der Waals surface area contributed by atoms with E-state index in [-0.39, 0.29) is 16.7 Å². The second kappa shape index (κ2) is 9.11. The fraction of sp³-hybridized carbons (Fsp3) is 0.286. The van der Waals surface area contributed by atoms with Crippen LogP contribution in [0.1, 0.15) is 53.9 Å². The molecule has 1 aliphatic heterocycles. The van der Waals surface area contributed by atoms with Gasteiger partial charge in [0.05, 0.1) is 25.3 Å². The fourth-order valence-electron chi connectivity index (χ4n) is 4.43. The van der Waals surface area contributed by atoms with E-state index in [1.807, 2.05) is 54.8 Å². The molecular weight excluding hydrogens is 446 g/mol. The number of nitrogens with zero attached hydrogens (tertiary/aromatic N) is 1. The Morgan fingerprint density at radius 1 is 1.09 bits per heavy atom. The number of rotatable bonds is 5. The number of aliphatic hydroxyl groups excluding tert-OH is 1. The van der Waals surface area contributed by atoms with Gasteiger partial charge in [-0.05, 0) is 53.1 Å². The number of thiophene rings is 1. The SMILES string of the molecule is COc1ccc(/C(O)=C2\C(=O)C(=O)N(Cc3cccs3)C2c2ccccc2C)cc1C(C)(C)C. The lowest BCUT2D eigenvalue weighted by Crippen LogP contribution is -2.29. The molecule has 0 aliphatic carbocycles. The van der Waals surface area contributed by atoms with E-state index in [1.165, 1.54) is 11.3 Å². The summed E-state index contributed by atoms with van der Waals surface area (Å²) < 4.78 is 5.53. The van der Waals surface area contributed by atoms with Gasteiger partial charge in [0.2, 0.25) is 0 Å². The van der Waals surface area contributed by atoms with Crippen molar-refractivity contribution in [2.75, 3.05) is 7.11 Å². The number of hydrogen-bond donors (Lipinski definition) is 1. The Kier molecular flexibility index (Phi) is 6.36. The highest BCUT2D eigenvalue weighted by molar-refractivity contribution is 7.09. The molecule has 0 bridgehead atoms. The number of carbonyl (C=O) groups is 2. The molecule has 0 spiro atoms. The highest BCUT2D eigenvalue weighted by atomic mass is 32.1. The first-order valence-electron chi connectivity index (χ1n) is 11.2. The van der Waals surface area contributed by atoms with Crippen molar-refractivity contribution >= 4 is 28.8 Å². The molecule has 1 atom stereocenters. The maximum absolute atomic E-state index is 13.3. The van der Waals surface area contributed by atoms with Crippen LogP contribution in [0.3, 0.4) is 0 Å². The van der Waals surface area contributed by atoms with Gasteiger partial charge < -0.3 is 14.7 Å². The number of methoxy groups -OCH3 is 1. The van der Waals surface area contributed by atoms with E-state index in [0.29, 0.717) is 17.9 Å². The van der Waals surface area contributed by atoms with Crippen LogP contribution in [0, 0.1) is 6.92 Å². The number of likely N-dealkylation sites (tertiary alicyclic amines) is 1. The molecule has 1 saturated heterocycles. The van der Waals surface area contributed by atoms with E-state index in [9.17, 15) is 14.7 Å². The van der Waals surface area contributed by atoms with Crippen LogP contribution in [0.4, 0.5) is 0 Å². The van der Waals surface area contributed by atoms with Crippen LogP contribution < -0.4 is 4.74 Å². The van der Waals surface area contributed by atoms with Crippen molar-refractivity contribution in [3.05, 3.63) is 92.7 Å². The molecule has 1 unspecified atom stereocenters. The molecule has 1 aromatic heterocycles. The number of ketones is 1. The zero-order valence-corrected chi connectivity index (χ0v) is 20.9. The van der Waals surface area contributed by atoms with Crippen molar-refractivity contribution in [1.82, 2.24) is 4.90 Å². The number of amides is 1. The first-order chi connectivity index (χ1) is 16.1. The Morgan fingerprint density at radius 2 is 1.82 bits per heavy atom. The molecule has 1 N–H and O–H groups in total. The van der Waals surface area contributed by atoms with E-state index >= 15 is 0 Å². The lowest BCUT2D eigenvalue weighted by Gasteiger charge is -2.26. The molecule has 2 aromatic carbocycles. The number of aryl methyl sites for hydroxylation is 1. The van der Waals surface area contributed by atoms with Crippen LogP contribution >= 0.6 is 11.3 Å². The largest absolute Gasteiger partial charge is 0.507 e. The Labute approximate surface area is 204 Å². The second-order valence-corrected chi connectivity index (χ2v) is 10.6. The topological polar surface area (TPSA) is 66.8 Å². The smallest absolute Gasteiger partial charge is 0.295 e.